The van der Waals surface area contributed by atoms with Crippen LogP contribution in [-0.4, -0.2) is 59.9 Å². The van der Waals surface area contributed by atoms with Crippen molar-refractivity contribution in [3.63, 3.8) is 0 Å². The van der Waals surface area contributed by atoms with Gasteiger partial charge < -0.3 is 14.2 Å². The number of allylic oxidation sites excluding steroid dienone is 4. The average Bonchev–Trinajstić information content (AvgIpc) is 3.14. The fourth-order valence-corrected chi connectivity index (χ4v) is 5.71. The molecule has 2 unspecified atom stereocenters. The minimum absolute atomic E-state index is 0.104. The Kier molecular flexibility index (Phi) is 5.18. The van der Waals surface area contributed by atoms with Crippen LogP contribution in [-0.2, 0) is 23.0 Å². The van der Waals surface area contributed by atoms with Crippen LogP contribution in [0.2, 0.25) is 0 Å². The van der Waals surface area contributed by atoms with Crippen molar-refractivity contribution in [2.75, 3.05) is 37.7 Å². The minimum Gasteiger partial charge on any atom is -0.494 e. The topological polar surface area (TPSA) is 50.1 Å². The van der Waals surface area contributed by atoms with Gasteiger partial charge in [-0.15, -0.1) is 0 Å². The first kappa shape index (κ1) is 20.5. The van der Waals surface area contributed by atoms with Crippen molar-refractivity contribution < 1.29 is 9.53 Å². The first-order chi connectivity index (χ1) is 16.2. The third-order valence-electron chi connectivity index (χ3n) is 7.33. The van der Waals surface area contributed by atoms with Crippen LogP contribution in [0, 0.1) is 5.92 Å². The van der Waals surface area contributed by atoms with Crippen molar-refractivity contribution in [2.45, 2.75) is 25.3 Å². The number of aryl methyl sites for hydroxylation is 1. The van der Waals surface area contributed by atoms with Crippen LogP contribution in [0.5, 0.6) is 0 Å². The second-order valence-corrected chi connectivity index (χ2v) is 9.51. The summed E-state index contributed by atoms with van der Waals surface area (Å²) in [6.45, 7) is 5.15. The van der Waals surface area contributed by atoms with Gasteiger partial charge in [0, 0.05) is 68.1 Å². The summed E-state index contributed by atoms with van der Waals surface area (Å²) in [5.74, 6) is 0.717. The fraction of sp³-hybridized carbons (Fsp3) is 0.407. The van der Waals surface area contributed by atoms with E-state index >= 15 is 0 Å². The Hall–Kier alpha value is -3.12. The number of carbonyl (C=O) groups is 1. The number of rotatable bonds is 6. The maximum absolute atomic E-state index is 11.5. The molecule has 0 N–H and O–H groups in total. The van der Waals surface area contributed by atoms with Crippen molar-refractivity contribution in [3.8, 4) is 0 Å². The van der Waals surface area contributed by atoms with Crippen molar-refractivity contribution in [3.05, 3.63) is 66.1 Å². The molecular weight excluding hydrogens is 412 g/mol. The molecule has 2 aromatic rings. The number of piperazine rings is 1. The normalized spacial score (nSPS) is 23.9. The molecule has 1 aromatic carbocycles. The molecule has 0 spiro atoms. The summed E-state index contributed by atoms with van der Waals surface area (Å²) >= 11 is 0. The second kappa shape index (κ2) is 8.34. The van der Waals surface area contributed by atoms with Gasteiger partial charge in [-0.2, -0.15) is 0 Å². The number of amides is 1. The van der Waals surface area contributed by atoms with E-state index in [1.165, 1.54) is 28.2 Å². The zero-order valence-corrected chi connectivity index (χ0v) is 19.1. The van der Waals surface area contributed by atoms with E-state index in [0.717, 1.165) is 56.9 Å². The molecule has 6 nitrogen and oxygen atoms in total. The molecule has 4 aliphatic rings. The number of ether oxygens (including phenoxy) is 1. The summed E-state index contributed by atoms with van der Waals surface area (Å²) in [5, 5.41) is 1.46. The summed E-state index contributed by atoms with van der Waals surface area (Å²) < 4.78 is 8.22. The zero-order chi connectivity index (χ0) is 22.4. The molecule has 6 rings (SSSR count). The molecule has 33 heavy (non-hydrogen) atoms. The number of benzene rings is 1. The zero-order valence-electron chi connectivity index (χ0n) is 19.1. The predicted molar refractivity (Wildman–Crippen MR) is 132 cm³/mol. The molecule has 0 bridgehead atoms. The van der Waals surface area contributed by atoms with E-state index in [4.69, 9.17) is 4.74 Å². The number of hydrogen-bond donors (Lipinski definition) is 0. The molecule has 6 heteroatoms. The molecule has 1 amide bonds. The number of nitrogens with zero attached hydrogens (tertiary/aromatic N) is 4. The van der Waals surface area contributed by atoms with Crippen LogP contribution in [0.3, 0.4) is 0 Å². The number of dihydropyridines is 1. The highest BCUT2D eigenvalue weighted by Gasteiger charge is 2.33. The molecule has 170 valence electrons. The van der Waals surface area contributed by atoms with Crippen LogP contribution >= 0.6 is 0 Å². The lowest BCUT2D eigenvalue weighted by Crippen LogP contribution is -2.55. The van der Waals surface area contributed by atoms with Crippen LogP contribution in [0.1, 0.15) is 18.4 Å². The van der Waals surface area contributed by atoms with Crippen molar-refractivity contribution in [1.82, 2.24) is 9.47 Å². The van der Waals surface area contributed by atoms with Gasteiger partial charge in [-0.3, -0.25) is 9.69 Å². The highest BCUT2D eigenvalue weighted by Crippen LogP contribution is 2.38. The Morgan fingerprint density at radius 1 is 1.15 bits per heavy atom. The number of aliphatic imine (C=N–C) groups is 1. The van der Waals surface area contributed by atoms with E-state index < -0.39 is 0 Å². The Morgan fingerprint density at radius 3 is 3.00 bits per heavy atom. The van der Waals surface area contributed by atoms with Crippen molar-refractivity contribution in [1.29, 1.82) is 0 Å². The van der Waals surface area contributed by atoms with Crippen molar-refractivity contribution in [2.24, 2.45) is 18.0 Å². The lowest BCUT2D eigenvalue weighted by molar-refractivity contribution is -0.113. The third-order valence-corrected chi connectivity index (χ3v) is 7.33. The van der Waals surface area contributed by atoms with Gasteiger partial charge >= 0.3 is 0 Å². The molecular formula is C27H30N4O2. The summed E-state index contributed by atoms with van der Waals surface area (Å²) in [7, 11) is 2.16. The molecule has 1 aromatic heterocycles. The van der Waals surface area contributed by atoms with E-state index in [0.29, 0.717) is 12.6 Å². The fourth-order valence-electron chi connectivity index (χ4n) is 5.71. The predicted octanol–water partition coefficient (Wildman–Crippen LogP) is 3.63. The van der Waals surface area contributed by atoms with Gasteiger partial charge in [0.1, 0.15) is 5.76 Å². The van der Waals surface area contributed by atoms with Crippen LogP contribution in [0.15, 0.2) is 65.5 Å². The maximum Gasteiger partial charge on any atom is 0.269 e. The van der Waals surface area contributed by atoms with Gasteiger partial charge in [0.05, 0.1) is 17.8 Å². The molecule has 0 saturated carbocycles. The van der Waals surface area contributed by atoms with Gasteiger partial charge in [-0.25, -0.2) is 4.99 Å². The standard InChI is InChI=1S/C27H30N4O2/c1-29-17-20-15-21-18-30(12-13-31(21)25-6-4-5-24(29)27(20)25)11-2-3-14-33-22-9-7-19-8-10-26(32)28-23(19)16-22/h4-10,16-17,19,21H,2-3,11-15,18H2,1H3. The van der Waals surface area contributed by atoms with Crippen LogP contribution in [0.25, 0.3) is 10.9 Å². The number of anilines is 1. The minimum atomic E-state index is -0.189. The largest absolute Gasteiger partial charge is 0.494 e. The molecule has 1 fully saturated rings. The van der Waals surface area contributed by atoms with Crippen LogP contribution < -0.4 is 4.90 Å². The lowest BCUT2D eigenvalue weighted by Gasteiger charge is -2.45. The molecule has 4 heterocycles. The van der Waals surface area contributed by atoms with E-state index in [1.807, 2.05) is 24.3 Å². The number of unbranched alkanes of at least 4 members (excludes halogenated alkanes) is 1. The number of carbonyl (C=O) groups excluding carboxylic acids is 1. The maximum atomic E-state index is 11.5. The number of hydrogen-bond acceptors (Lipinski definition) is 4. The Morgan fingerprint density at radius 2 is 2.06 bits per heavy atom. The SMILES string of the molecule is Cn1cc2c3c(cccc31)N1CCN(CCCCOC3=CC4=NC(=O)C=CC4C=C3)CC1C2. The lowest BCUT2D eigenvalue weighted by atomic mass is 9.94. The first-order valence-corrected chi connectivity index (χ1v) is 12.0. The van der Waals surface area contributed by atoms with Crippen molar-refractivity contribution >= 4 is 28.2 Å². The average molecular weight is 443 g/mol. The van der Waals surface area contributed by atoms with Gasteiger partial charge in [0.2, 0.25) is 0 Å². The summed E-state index contributed by atoms with van der Waals surface area (Å²) in [6, 6.07) is 7.29. The molecule has 0 radical (unpaired) electrons. The van der Waals surface area contributed by atoms with E-state index in [-0.39, 0.29) is 11.8 Å². The van der Waals surface area contributed by atoms with Gasteiger partial charge in [-0.1, -0.05) is 18.2 Å². The van der Waals surface area contributed by atoms with Gasteiger partial charge in [0.15, 0.2) is 0 Å². The first-order valence-electron chi connectivity index (χ1n) is 12.0. The summed E-state index contributed by atoms with van der Waals surface area (Å²) in [5.41, 5.74) is 5.04. The Balaban J connectivity index is 0.991. The highest BCUT2D eigenvalue weighted by molar-refractivity contribution is 6.11. The van der Waals surface area contributed by atoms with E-state index in [9.17, 15) is 4.79 Å². The summed E-state index contributed by atoms with van der Waals surface area (Å²) in [6.07, 6.45) is 15.0. The molecule has 3 aliphatic heterocycles. The molecule has 1 saturated heterocycles. The van der Waals surface area contributed by atoms with E-state index in [1.54, 1.807) is 0 Å². The van der Waals surface area contributed by atoms with Gasteiger partial charge in [0.25, 0.3) is 5.91 Å². The smallest absolute Gasteiger partial charge is 0.269 e. The second-order valence-electron chi connectivity index (χ2n) is 9.51. The Bertz CT molecular complexity index is 1220. The molecule has 1 aliphatic carbocycles. The monoisotopic (exact) mass is 442 g/mol. The quantitative estimate of drug-likeness (QED) is 0.641. The molecule has 2 atom stereocenters. The highest BCUT2D eigenvalue weighted by atomic mass is 16.5. The summed E-state index contributed by atoms with van der Waals surface area (Å²) in [4.78, 5) is 20.8. The number of fused-ring (bicyclic) bond motifs is 3. The van der Waals surface area contributed by atoms with E-state index in [2.05, 4.69) is 50.8 Å². The number of aromatic nitrogens is 1. The third kappa shape index (κ3) is 3.82. The van der Waals surface area contributed by atoms with Crippen LogP contribution in [0.4, 0.5) is 5.69 Å². The van der Waals surface area contributed by atoms with Gasteiger partial charge in [-0.05, 0) is 49.6 Å². The Labute approximate surface area is 194 Å².